The molecule has 2 bridgehead atoms. The van der Waals surface area contributed by atoms with Crippen molar-refractivity contribution < 1.29 is 4.74 Å². The molecule has 2 heterocycles. The molecular formula is C26H23NO. The van der Waals surface area contributed by atoms with Crippen molar-refractivity contribution in [3.05, 3.63) is 114 Å². The van der Waals surface area contributed by atoms with Crippen LogP contribution in [0.15, 0.2) is 97.1 Å². The molecule has 28 heavy (non-hydrogen) atoms. The Balaban J connectivity index is 1.66. The van der Waals surface area contributed by atoms with Gasteiger partial charge < -0.3 is 4.74 Å². The van der Waals surface area contributed by atoms with Crippen molar-refractivity contribution in [1.29, 1.82) is 0 Å². The summed E-state index contributed by atoms with van der Waals surface area (Å²) in [6.07, 6.45) is 2.50. The van der Waals surface area contributed by atoms with Gasteiger partial charge in [-0.1, -0.05) is 104 Å². The molecule has 3 aromatic carbocycles. The van der Waals surface area contributed by atoms with E-state index in [4.69, 9.17) is 4.74 Å². The molecule has 3 aliphatic rings. The van der Waals surface area contributed by atoms with Crippen LogP contribution in [0, 0.1) is 11.8 Å². The van der Waals surface area contributed by atoms with Gasteiger partial charge in [0.25, 0.3) is 0 Å². The molecule has 6 rings (SSSR count). The predicted molar refractivity (Wildman–Crippen MR) is 111 cm³/mol. The summed E-state index contributed by atoms with van der Waals surface area (Å²) in [7, 11) is 0. The first-order valence-electron chi connectivity index (χ1n) is 10.1. The number of ether oxygens (including phenoxy) is 1. The van der Waals surface area contributed by atoms with Crippen molar-refractivity contribution in [2.75, 3.05) is 0 Å². The van der Waals surface area contributed by atoms with Gasteiger partial charge in [0.05, 0.1) is 5.54 Å². The van der Waals surface area contributed by atoms with E-state index in [1.807, 2.05) is 0 Å². The van der Waals surface area contributed by atoms with Gasteiger partial charge in [-0.2, -0.15) is 0 Å². The van der Waals surface area contributed by atoms with Crippen molar-refractivity contribution in [2.45, 2.75) is 24.3 Å². The maximum Gasteiger partial charge on any atom is 0.128 e. The van der Waals surface area contributed by atoms with Gasteiger partial charge in [-0.15, -0.1) is 0 Å². The fraction of sp³-hybridized carbons (Fsp3) is 0.231. The Labute approximate surface area is 165 Å². The fourth-order valence-corrected chi connectivity index (χ4v) is 5.87. The smallest absolute Gasteiger partial charge is 0.128 e. The summed E-state index contributed by atoms with van der Waals surface area (Å²) in [6.45, 7) is 2.32. The minimum Gasteiger partial charge on any atom is -0.349 e. The molecule has 0 aromatic heterocycles. The van der Waals surface area contributed by atoms with Crippen LogP contribution in [-0.2, 0) is 15.9 Å². The Morgan fingerprint density at radius 1 is 0.750 bits per heavy atom. The lowest BCUT2D eigenvalue weighted by molar-refractivity contribution is -0.0228. The highest BCUT2D eigenvalue weighted by molar-refractivity contribution is 5.77. The summed E-state index contributed by atoms with van der Waals surface area (Å²) in [6, 6.07) is 32.4. The van der Waals surface area contributed by atoms with Gasteiger partial charge in [0.15, 0.2) is 0 Å². The summed E-state index contributed by atoms with van der Waals surface area (Å²) in [5.41, 5.74) is 4.43. The molecular weight excluding hydrogens is 342 g/mol. The van der Waals surface area contributed by atoms with E-state index in [1.165, 1.54) is 22.3 Å². The van der Waals surface area contributed by atoms with Crippen LogP contribution < -0.4 is 5.32 Å². The van der Waals surface area contributed by atoms with Gasteiger partial charge in [-0.25, -0.2) is 0 Å². The van der Waals surface area contributed by atoms with Gasteiger partial charge in [-0.3, -0.25) is 5.32 Å². The summed E-state index contributed by atoms with van der Waals surface area (Å²) in [4.78, 5) is 0. The van der Waals surface area contributed by atoms with Crippen LogP contribution in [0.3, 0.4) is 0 Å². The lowest BCUT2D eigenvalue weighted by atomic mass is 9.64. The Morgan fingerprint density at radius 2 is 1.32 bits per heavy atom. The second-order valence-electron chi connectivity index (χ2n) is 8.26. The van der Waals surface area contributed by atoms with Crippen molar-refractivity contribution in [1.82, 2.24) is 5.32 Å². The maximum atomic E-state index is 6.89. The lowest BCUT2D eigenvalue weighted by Crippen LogP contribution is -2.56. The van der Waals surface area contributed by atoms with Crippen molar-refractivity contribution in [3.8, 4) is 0 Å². The van der Waals surface area contributed by atoms with Gasteiger partial charge in [-0.05, 0) is 22.3 Å². The van der Waals surface area contributed by atoms with Crippen molar-refractivity contribution >= 4 is 5.57 Å². The number of hydrogen-bond donors (Lipinski definition) is 1. The average Bonchev–Trinajstić information content (AvgIpc) is 3.32. The van der Waals surface area contributed by atoms with Gasteiger partial charge in [0.2, 0.25) is 0 Å². The van der Waals surface area contributed by atoms with Crippen LogP contribution in [-0.4, -0.2) is 6.23 Å². The summed E-state index contributed by atoms with van der Waals surface area (Å²) in [5.74, 6) is 0.703. The van der Waals surface area contributed by atoms with E-state index in [1.54, 1.807) is 0 Å². The Morgan fingerprint density at radius 3 is 1.96 bits per heavy atom. The molecule has 5 atom stereocenters. The average molecular weight is 365 g/mol. The molecule has 1 N–H and O–H groups in total. The number of benzene rings is 3. The van der Waals surface area contributed by atoms with E-state index in [0.29, 0.717) is 11.8 Å². The zero-order chi connectivity index (χ0) is 18.8. The van der Waals surface area contributed by atoms with Crippen LogP contribution >= 0.6 is 0 Å². The standard InChI is InChI=1S/C26H23NO/c1-18-23-22(19-11-5-2-6-12-19)17-25(20-13-7-3-8-14-20)26(23,28-24(18)27-25)21-15-9-4-10-16-21/h2-18,23-24,27H,1H3/t18-,23-,24+,25-,26-/m0/s1. The molecule has 0 radical (unpaired) electrons. The highest BCUT2D eigenvalue weighted by Gasteiger charge is 2.74. The quantitative estimate of drug-likeness (QED) is 0.698. The first-order chi connectivity index (χ1) is 13.8. The molecule has 138 valence electrons. The predicted octanol–water partition coefficient (Wildman–Crippen LogP) is 5.09. The maximum absolute atomic E-state index is 6.89. The first kappa shape index (κ1) is 16.3. The molecule has 1 aliphatic carbocycles. The molecule has 0 amide bonds. The molecule has 2 nitrogen and oxygen atoms in total. The van der Waals surface area contributed by atoms with Gasteiger partial charge >= 0.3 is 0 Å². The zero-order valence-corrected chi connectivity index (χ0v) is 15.9. The van der Waals surface area contributed by atoms with E-state index >= 15 is 0 Å². The van der Waals surface area contributed by atoms with Crippen LogP contribution in [0.1, 0.15) is 23.6 Å². The minimum absolute atomic E-state index is 0.0443. The second kappa shape index (κ2) is 5.66. The topological polar surface area (TPSA) is 21.3 Å². The molecule has 2 aliphatic heterocycles. The van der Waals surface area contributed by atoms with Gasteiger partial charge in [0.1, 0.15) is 11.8 Å². The Bertz CT molecular complexity index is 1050. The SMILES string of the molecule is C[C@@H]1[C@@H]2N[C@]3(c4ccccc4)C=C(c4ccccc4)[C@H]1[C@]3(c1ccccc1)O2. The molecule has 2 saturated heterocycles. The van der Waals surface area contributed by atoms with Crippen LogP contribution in [0.2, 0.25) is 0 Å². The molecule has 0 unspecified atom stereocenters. The number of nitrogens with one attached hydrogen (secondary N) is 1. The van der Waals surface area contributed by atoms with E-state index in [2.05, 4.69) is 109 Å². The fourth-order valence-electron chi connectivity index (χ4n) is 5.87. The normalized spacial score (nSPS) is 35.2. The van der Waals surface area contributed by atoms with E-state index in [0.717, 1.165) is 0 Å². The summed E-state index contributed by atoms with van der Waals surface area (Å²) >= 11 is 0. The van der Waals surface area contributed by atoms with E-state index in [9.17, 15) is 0 Å². The monoisotopic (exact) mass is 365 g/mol. The molecule has 3 aromatic rings. The van der Waals surface area contributed by atoms with Crippen LogP contribution in [0.5, 0.6) is 0 Å². The third-order valence-corrected chi connectivity index (χ3v) is 6.96. The van der Waals surface area contributed by atoms with Crippen molar-refractivity contribution in [2.24, 2.45) is 11.8 Å². The summed E-state index contributed by atoms with van der Waals surface area (Å²) < 4.78 is 6.89. The number of piperidine rings is 1. The Hall–Kier alpha value is -2.68. The van der Waals surface area contributed by atoms with Crippen LogP contribution in [0.25, 0.3) is 5.57 Å². The summed E-state index contributed by atoms with van der Waals surface area (Å²) in [5, 5.41) is 3.90. The molecule has 2 heteroatoms. The number of hydrogen-bond acceptors (Lipinski definition) is 2. The molecule has 2 fully saturated rings. The van der Waals surface area contributed by atoms with Gasteiger partial charge in [0, 0.05) is 11.8 Å². The van der Waals surface area contributed by atoms with Crippen molar-refractivity contribution in [3.63, 3.8) is 0 Å². The van der Waals surface area contributed by atoms with Crippen LogP contribution in [0.4, 0.5) is 0 Å². The number of fused-ring (bicyclic) bond motifs is 1. The largest absolute Gasteiger partial charge is 0.349 e. The lowest BCUT2D eigenvalue weighted by Gasteiger charge is -2.44. The first-order valence-corrected chi connectivity index (χ1v) is 10.1. The molecule has 0 saturated carbocycles. The van der Waals surface area contributed by atoms with E-state index < -0.39 is 5.60 Å². The zero-order valence-electron chi connectivity index (χ0n) is 15.9. The second-order valence-corrected chi connectivity index (χ2v) is 8.26. The Kier molecular flexibility index (Phi) is 3.30. The molecule has 0 spiro atoms. The third-order valence-electron chi connectivity index (χ3n) is 6.96. The highest BCUT2D eigenvalue weighted by Crippen LogP contribution is 2.69. The highest BCUT2D eigenvalue weighted by atomic mass is 16.5. The third kappa shape index (κ3) is 1.85. The number of rotatable bonds is 3. The van der Waals surface area contributed by atoms with E-state index in [-0.39, 0.29) is 11.8 Å². The minimum atomic E-state index is -0.426.